The van der Waals surface area contributed by atoms with E-state index in [1.807, 2.05) is 0 Å². The Kier molecular flexibility index (Phi) is 9.16. The van der Waals surface area contributed by atoms with E-state index in [2.05, 4.69) is 39.7 Å². The summed E-state index contributed by atoms with van der Waals surface area (Å²) < 4.78 is 0. The molecule has 3 heterocycles. The number of amides is 1. The van der Waals surface area contributed by atoms with Gasteiger partial charge >= 0.3 is 0 Å². The molecule has 6 unspecified atom stereocenters. The maximum absolute atomic E-state index is 13.8. The minimum Gasteiger partial charge on any atom is -0.350 e. The first-order valence-electron chi connectivity index (χ1n) is 13.6. The zero-order chi connectivity index (χ0) is 24.3. The maximum atomic E-state index is 13.8. The molecule has 4 fully saturated rings. The first-order chi connectivity index (χ1) is 16.3. The average Bonchev–Trinajstić information content (AvgIpc) is 3.26. The Labute approximate surface area is 211 Å². The number of rotatable bonds is 5. The zero-order valence-electron chi connectivity index (χ0n) is 21.3. The largest absolute Gasteiger partial charge is 0.350 e. The molecule has 4 rings (SSSR count). The van der Waals surface area contributed by atoms with Crippen LogP contribution in [0.1, 0.15) is 58.3 Å². The molecule has 8 nitrogen and oxygen atoms in total. The lowest BCUT2D eigenvalue weighted by Crippen LogP contribution is -2.66. The number of halogens is 1. The monoisotopic (exact) mass is 497 g/mol. The third-order valence-electron chi connectivity index (χ3n) is 9.29. The van der Waals surface area contributed by atoms with E-state index in [9.17, 15) is 4.79 Å². The fraction of sp³-hybridized carbons (Fsp3) is 0.960. The van der Waals surface area contributed by atoms with Crippen molar-refractivity contribution < 1.29 is 4.79 Å². The lowest BCUT2D eigenvalue weighted by atomic mass is 9.72. The van der Waals surface area contributed by atoms with E-state index in [-0.39, 0.29) is 28.8 Å². The second kappa shape index (κ2) is 11.7. The highest BCUT2D eigenvalue weighted by Crippen LogP contribution is 2.47. The summed E-state index contributed by atoms with van der Waals surface area (Å²) in [7, 11) is 2.20. The topological polar surface area (TPSA) is 112 Å². The minimum absolute atomic E-state index is 0.00628. The SMILES string of the molecule is CC1CN(C2CCNCC2NC(=O)C(C(N)N)C2CC3(CCCC3)CCC(Cl)CN2)CCN1C. The molecule has 0 aromatic heterocycles. The molecule has 0 aromatic carbocycles. The van der Waals surface area contributed by atoms with Crippen LogP contribution in [0, 0.1) is 11.3 Å². The molecule has 34 heavy (non-hydrogen) atoms. The number of nitrogens with zero attached hydrogens (tertiary/aromatic N) is 2. The van der Waals surface area contributed by atoms with Gasteiger partial charge in [-0.05, 0) is 64.5 Å². The van der Waals surface area contributed by atoms with Gasteiger partial charge in [-0.3, -0.25) is 9.69 Å². The van der Waals surface area contributed by atoms with Crippen molar-refractivity contribution in [2.45, 2.75) is 94.0 Å². The summed E-state index contributed by atoms with van der Waals surface area (Å²) in [4.78, 5) is 18.8. The van der Waals surface area contributed by atoms with E-state index >= 15 is 0 Å². The molecule has 0 bridgehead atoms. The summed E-state index contributed by atoms with van der Waals surface area (Å²) >= 11 is 6.62. The second-order valence-electron chi connectivity index (χ2n) is 11.7. The number of alkyl halides is 1. The molecule has 3 saturated heterocycles. The number of likely N-dealkylation sites (N-methyl/N-ethyl adjacent to an activating group) is 1. The first-order valence-corrected chi connectivity index (χ1v) is 14.1. The van der Waals surface area contributed by atoms with Crippen LogP contribution in [-0.2, 0) is 4.79 Å². The van der Waals surface area contributed by atoms with Gasteiger partial charge in [0, 0.05) is 56.2 Å². The maximum Gasteiger partial charge on any atom is 0.227 e. The van der Waals surface area contributed by atoms with Crippen molar-refractivity contribution in [3.63, 3.8) is 0 Å². The summed E-state index contributed by atoms with van der Waals surface area (Å²) in [6.45, 7) is 7.91. The van der Waals surface area contributed by atoms with Gasteiger partial charge in [-0.2, -0.15) is 0 Å². The van der Waals surface area contributed by atoms with Crippen LogP contribution >= 0.6 is 11.6 Å². The van der Waals surface area contributed by atoms with E-state index in [4.69, 9.17) is 23.1 Å². The molecule has 4 aliphatic rings. The van der Waals surface area contributed by atoms with Crippen LogP contribution in [0.3, 0.4) is 0 Å². The van der Waals surface area contributed by atoms with E-state index in [1.54, 1.807) is 0 Å². The Morgan fingerprint density at radius 2 is 1.91 bits per heavy atom. The van der Waals surface area contributed by atoms with Gasteiger partial charge in [0.15, 0.2) is 0 Å². The van der Waals surface area contributed by atoms with Gasteiger partial charge in [0.1, 0.15) is 0 Å². The summed E-state index contributed by atoms with van der Waals surface area (Å²) in [5.41, 5.74) is 12.9. The molecule has 1 aliphatic carbocycles. The van der Waals surface area contributed by atoms with Crippen LogP contribution in [0.5, 0.6) is 0 Å². The number of nitrogens with one attached hydrogen (secondary N) is 3. The predicted molar refractivity (Wildman–Crippen MR) is 139 cm³/mol. The van der Waals surface area contributed by atoms with Gasteiger partial charge in [0.25, 0.3) is 0 Å². The van der Waals surface area contributed by atoms with Gasteiger partial charge in [0.2, 0.25) is 5.91 Å². The van der Waals surface area contributed by atoms with Crippen LogP contribution < -0.4 is 27.4 Å². The van der Waals surface area contributed by atoms with Crippen molar-refractivity contribution in [2.24, 2.45) is 22.8 Å². The van der Waals surface area contributed by atoms with Gasteiger partial charge in [-0.15, -0.1) is 11.6 Å². The normalized spacial score (nSPS) is 36.8. The molecule has 7 N–H and O–H groups in total. The van der Waals surface area contributed by atoms with Crippen molar-refractivity contribution in [2.75, 3.05) is 46.3 Å². The number of piperazine rings is 1. The summed E-state index contributed by atoms with van der Waals surface area (Å²) in [6.07, 6.45) is 8.45. The Bertz CT molecular complexity index is 674. The lowest BCUT2D eigenvalue weighted by molar-refractivity contribution is -0.128. The number of piperidine rings is 1. The highest BCUT2D eigenvalue weighted by atomic mass is 35.5. The molecular weight excluding hydrogens is 450 g/mol. The van der Waals surface area contributed by atoms with E-state index in [1.165, 1.54) is 25.7 Å². The Morgan fingerprint density at radius 1 is 1.15 bits per heavy atom. The van der Waals surface area contributed by atoms with Crippen LogP contribution in [0.25, 0.3) is 0 Å². The standard InChI is InChI=1S/C25H48ClN7O/c1-17-16-33(12-11-32(17)2)21-6-10-29-15-20(21)31-24(34)22(23(27)28)19-13-25(7-3-4-8-25)9-5-18(26)14-30-19/h17-23,29-30H,3-16,27-28H2,1-2H3,(H,31,34). The van der Waals surface area contributed by atoms with Crippen molar-refractivity contribution in [3.05, 3.63) is 0 Å². The van der Waals surface area contributed by atoms with Crippen molar-refractivity contribution in [1.29, 1.82) is 0 Å². The quantitative estimate of drug-likeness (QED) is 0.280. The third-order valence-corrected chi connectivity index (χ3v) is 9.66. The predicted octanol–water partition coefficient (Wildman–Crippen LogP) is 0.639. The number of carbonyl (C=O) groups excluding carboxylic acids is 1. The summed E-state index contributed by atoms with van der Waals surface area (Å²) in [5, 5.41) is 10.6. The molecule has 6 atom stereocenters. The van der Waals surface area contributed by atoms with Gasteiger partial charge < -0.3 is 32.3 Å². The van der Waals surface area contributed by atoms with Gasteiger partial charge in [0.05, 0.1) is 18.1 Å². The Morgan fingerprint density at radius 3 is 2.62 bits per heavy atom. The number of nitrogens with two attached hydrogens (primary N) is 2. The van der Waals surface area contributed by atoms with Crippen LogP contribution in [0.2, 0.25) is 0 Å². The van der Waals surface area contributed by atoms with Crippen molar-refractivity contribution in [3.8, 4) is 0 Å². The van der Waals surface area contributed by atoms with Crippen LogP contribution in [0.15, 0.2) is 0 Å². The van der Waals surface area contributed by atoms with Crippen LogP contribution in [0.4, 0.5) is 0 Å². The number of hydrogen-bond donors (Lipinski definition) is 5. The van der Waals surface area contributed by atoms with Crippen molar-refractivity contribution in [1.82, 2.24) is 25.8 Å². The van der Waals surface area contributed by atoms with Gasteiger partial charge in [-0.25, -0.2) is 0 Å². The van der Waals surface area contributed by atoms with Crippen LogP contribution in [-0.4, -0.2) is 97.7 Å². The molecular formula is C25H48ClN7O. The first kappa shape index (κ1) is 26.6. The second-order valence-corrected chi connectivity index (χ2v) is 12.3. The summed E-state index contributed by atoms with van der Waals surface area (Å²) in [5.74, 6) is -0.471. The third kappa shape index (κ3) is 6.25. The highest BCUT2D eigenvalue weighted by Gasteiger charge is 2.43. The van der Waals surface area contributed by atoms with E-state index in [0.717, 1.165) is 58.4 Å². The molecule has 196 valence electrons. The zero-order valence-corrected chi connectivity index (χ0v) is 22.0. The lowest BCUT2D eigenvalue weighted by Gasteiger charge is -2.46. The fourth-order valence-corrected chi connectivity index (χ4v) is 7.23. The molecule has 3 aliphatic heterocycles. The molecule has 0 aromatic rings. The van der Waals surface area contributed by atoms with Crippen molar-refractivity contribution >= 4 is 17.5 Å². The Balaban J connectivity index is 1.47. The Hall–Kier alpha value is -0.480. The fourth-order valence-electron chi connectivity index (χ4n) is 7.03. The number of hydrogen-bond acceptors (Lipinski definition) is 7. The minimum atomic E-state index is -0.706. The molecule has 1 amide bonds. The average molecular weight is 498 g/mol. The van der Waals surface area contributed by atoms with E-state index < -0.39 is 12.1 Å². The molecule has 0 radical (unpaired) electrons. The number of carbonyl (C=O) groups is 1. The molecule has 1 spiro atoms. The van der Waals surface area contributed by atoms with Gasteiger partial charge in [-0.1, -0.05) is 12.8 Å². The highest BCUT2D eigenvalue weighted by molar-refractivity contribution is 6.20. The van der Waals surface area contributed by atoms with E-state index in [0.29, 0.717) is 18.6 Å². The molecule has 9 heteroatoms. The smallest absolute Gasteiger partial charge is 0.227 e. The molecule has 1 saturated carbocycles. The summed E-state index contributed by atoms with van der Waals surface area (Å²) in [6, 6.07) is 0.885.